The van der Waals surface area contributed by atoms with Crippen molar-refractivity contribution in [3.63, 3.8) is 0 Å². The molecule has 0 saturated carbocycles. The number of nitro benzene ring substituents is 1. The lowest BCUT2D eigenvalue weighted by atomic mass is 10.1. The Morgan fingerprint density at radius 2 is 2.06 bits per heavy atom. The van der Waals surface area contributed by atoms with Crippen LogP contribution in [0.2, 0.25) is 0 Å². The minimum atomic E-state index is -0.492. The second-order valence-electron chi connectivity index (χ2n) is 7.36. The zero-order valence-electron chi connectivity index (χ0n) is 17.1. The van der Waals surface area contributed by atoms with Crippen LogP contribution >= 0.6 is 11.3 Å². The molecule has 1 atom stereocenters. The highest BCUT2D eigenvalue weighted by Crippen LogP contribution is 2.34. The second kappa shape index (κ2) is 9.06. The third-order valence-corrected chi connectivity index (χ3v) is 5.97. The molecule has 0 radical (unpaired) electrons. The summed E-state index contributed by atoms with van der Waals surface area (Å²) < 4.78 is 0. The fraction of sp³-hybridized carbons (Fsp3) is 0.182. The molecule has 0 bridgehead atoms. The summed E-state index contributed by atoms with van der Waals surface area (Å²) in [5.74, 6) is -0.490. The average Bonchev–Trinajstić information content (AvgIpc) is 3.39. The Morgan fingerprint density at radius 3 is 2.84 bits per heavy atom. The van der Waals surface area contributed by atoms with E-state index in [1.807, 2.05) is 31.2 Å². The number of non-ortho nitro benzene ring substituents is 1. The van der Waals surface area contributed by atoms with Crippen molar-refractivity contribution >= 4 is 45.7 Å². The molecule has 4 rings (SSSR count). The highest BCUT2D eigenvalue weighted by molar-refractivity contribution is 7.15. The van der Waals surface area contributed by atoms with Crippen LogP contribution in [0.5, 0.6) is 0 Å². The Hall–Kier alpha value is -3.92. The predicted octanol–water partition coefficient (Wildman–Crippen LogP) is 3.93. The number of anilines is 2. The summed E-state index contributed by atoms with van der Waals surface area (Å²) in [5.41, 5.74) is 2.43. The molecule has 2 amide bonds. The minimum absolute atomic E-state index is 0.0290. The van der Waals surface area contributed by atoms with Gasteiger partial charge in [0, 0.05) is 42.8 Å². The maximum Gasteiger partial charge on any atom is 0.270 e. The van der Waals surface area contributed by atoms with E-state index in [0.717, 1.165) is 11.3 Å². The normalized spacial score (nSPS) is 16.0. The number of nitrogens with zero attached hydrogens (tertiary/aromatic N) is 4. The summed E-state index contributed by atoms with van der Waals surface area (Å²) >= 11 is 1.23. The van der Waals surface area contributed by atoms with Crippen molar-refractivity contribution in [1.29, 1.82) is 0 Å². The number of benzene rings is 2. The Balaban J connectivity index is 1.39. The molecule has 1 N–H and O–H groups in total. The summed E-state index contributed by atoms with van der Waals surface area (Å²) in [5, 5.41) is 22.7. The molecule has 162 valence electrons. The van der Waals surface area contributed by atoms with Gasteiger partial charge in [-0.3, -0.25) is 25.0 Å². The van der Waals surface area contributed by atoms with Gasteiger partial charge in [-0.15, -0.1) is 10.2 Å². The van der Waals surface area contributed by atoms with E-state index >= 15 is 0 Å². The van der Waals surface area contributed by atoms with E-state index in [0.29, 0.717) is 28.7 Å². The molecule has 0 spiro atoms. The first-order chi connectivity index (χ1) is 15.4. The van der Waals surface area contributed by atoms with Gasteiger partial charge in [0.2, 0.25) is 16.9 Å². The van der Waals surface area contributed by atoms with E-state index in [9.17, 15) is 19.7 Å². The molecule has 1 aliphatic rings. The number of aryl methyl sites for hydroxylation is 1. The maximum absolute atomic E-state index is 12.5. The van der Waals surface area contributed by atoms with Gasteiger partial charge < -0.3 is 4.90 Å². The zero-order valence-corrected chi connectivity index (χ0v) is 17.9. The number of aromatic nitrogens is 2. The number of hydrogen-bond donors (Lipinski definition) is 1. The SMILES string of the molecule is Cc1cccc(N2CC(c3nnc(NC(=O)/C=C/c4cccc([N+](=O)[O-])c4)s3)CC2=O)c1. The van der Waals surface area contributed by atoms with E-state index < -0.39 is 10.8 Å². The minimum Gasteiger partial charge on any atom is -0.312 e. The molecule has 3 aromatic rings. The van der Waals surface area contributed by atoms with Crippen LogP contribution in [-0.4, -0.2) is 33.5 Å². The van der Waals surface area contributed by atoms with E-state index in [1.165, 1.54) is 35.6 Å². The first kappa shape index (κ1) is 21.3. The quantitative estimate of drug-likeness (QED) is 0.346. The van der Waals surface area contributed by atoms with Gasteiger partial charge in [0.25, 0.3) is 5.69 Å². The van der Waals surface area contributed by atoms with Gasteiger partial charge in [-0.05, 0) is 36.3 Å². The first-order valence-electron chi connectivity index (χ1n) is 9.83. The van der Waals surface area contributed by atoms with Crippen molar-refractivity contribution in [2.24, 2.45) is 0 Å². The second-order valence-corrected chi connectivity index (χ2v) is 8.37. The number of hydrogen-bond acceptors (Lipinski definition) is 7. The van der Waals surface area contributed by atoms with Crippen molar-refractivity contribution in [3.8, 4) is 0 Å². The van der Waals surface area contributed by atoms with Gasteiger partial charge in [0.05, 0.1) is 4.92 Å². The van der Waals surface area contributed by atoms with Gasteiger partial charge in [0.1, 0.15) is 5.01 Å². The van der Waals surface area contributed by atoms with Gasteiger partial charge in [0.15, 0.2) is 0 Å². The third-order valence-electron chi connectivity index (χ3n) is 4.97. The largest absolute Gasteiger partial charge is 0.312 e. The Labute approximate surface area is 187 Å². The first-order valence-corrected chi connectivity index (χ1v) is 10.6. The zero-order chi connectivity index (χ0) is 22.7. The van der Waals surface area contributed by atoms with Gasteiger partial charge in [-0.2, -0.15) is 0 Å². The molecule has 1 aliphatic heterocycles. The Kier molecular flexibility index (Phi) is 6.04. The van der Waals surface area contributed by atoms with E-state index in [1.54, 1.807) is 17.0 Å². The number of amides is 2. The topological polar surface area (TPSA) is 118 Å². The Bertz CT molecular complexity index is 1220. The molecule has 1 aromatic heterocycles. The van der Waals surface area contributed by atoms with E-state index in [2.05, 4.69) is 15.5 Å². The van der Waals surface area contributed by atoms with Gasteiger partial charge in [-0.25, -0.2) is 0 Å². The van der Waals surface area contributed by atoms with E-state index in [-0.39, 0.29) is 17.5 Å². The molecule has 9 nitrogen and oxygen atoms in total. The van der Waals surface area contributed by atoms with Crippen LogP contribution in [0, 0.1) is 17.0 Å². The van der Waals surface area contributed by atoms with Gasteiger partial charge >= 0.3 is 0 Å². The maximum atomic E-state index is 12.5. The average molecular weight is 449 g/mol. The lowest BCUT2D eigenvalue weighted by molar-refractivity contribution is -0.384. The molecule has 1 fully saturated rings. The fourth-order valence-corrected chi connectivity index (χ4v) is 4.27. The van der Waals surface area contributed by atoms with Crippen LogP contribution < -0.4 is 10.2 Å². The highest BCUT2D eigenvalue weighted by Gasteiger charge is 2.34. The van der Waals surface area contributed by atoms with Crippen molar-refractivity contribution in [3.05, 3.63) is 80.9 Å². The molecular weight excluding hydrogens is 430 g/mol. The lowest BCUT2D eigenvalue weighted by Crippen LogP contribution is -2.24. The molecule has 0 aliphatic carbocycles. The predicted molar refractivity (Wildman–Crippen MR) is 122 cm³/mol. The highest BCUT2D eigenvalue weighted by atomic mass is 32.1. The van der Waals surface area contributed by atoms with Crippen LogP contribution in [0.25, 0.3) is 6.08 Å². The lowest BCUT2D eigenvalue weighted by Gasteiger charge is -2.16. The van der Waals surface area contributed by atoms with Crippen LogP contribution in [0.1, 0.15) is 28.5 Å². The van der Waals surface area contributed by atoms with Crippen molar-refractivity contribution < 1.29 is 14.5 Å². The number of nitro groups is 1. The molecule has 2 heterocycles. The summed E-state index contributed by atoms with van der Waals surface area (Å²) in [6.45, 7) is 2.49. The molecule has 32 heavy (non-hydrogen) atoms. The van der Waals surface area contributed by atoms with Crippen LogP contribution in [-0.2, 0) is 9.59 Å². The number of nitrogens with one attached hydrogen (secondary N) is 1. The van der Waals surface area contributed by atoms with Crippen LogP contribution in [0.15, 0.2) is 54.6 Å². The standard InChI is InChI=1S/C22H19N5O4S/c1-14-4-2-6-17(10-14)26-13-16(12-20(26)29)21-24-25-22(32-21)23-19(28)9-8-15-5-3-7-18(11-15)27(30)31/h2-11,16H,12-13H2,1H3,(H,23,25,28)/b9-8+. The smallest absolute Gasteiger partial charge is 0.270 e. The van der Waals surface area contributed by atoms with Crippen LogP contribution in [0.4, 0.5) is 16.5 Å². The summed E-state index contributed by atoms with van der Waals surface area (Å²) in [6, 6.07) is 13.8. The van der Waals surface area contributed by atoms with Crippen molar-refractivity contribution in [2.75, 3.05) is 16.8 Å². The van der Waals surface area contributed by atoms with Crippen molar-refractivity contribution in [2.45, 2.75) is 19.3 Å². The summed E-state index contributed by atoms with van der Waals surface area (Å²) in [4.78, 5) is 36.8. The Morgan fingerprint density at radius 1 is 1.25 bits per heavy atom. The number of rotatable bonds is 6. The molecule has 2 aromatic carbocycles. The number of carbonyl (C=O) groups excluding carboxylic acids is 2. The summed E-state index contributed by atoms with van der Waals surface area (Å²) in [6.07, 6.45) is 3.10. The molecule has 1 unspecified atom stereocenters. The monoisotopic (exact) mass is 449 g/mol. The third kappa shape index (κ3) is 4.86. The fourth-order valence-electron chi connectivity index (χ4n) is 3.43. The van der Waals surface area contributed by atoms with E-state index in [4.69, 9.17) is 0 Å². The molecular formula is C22H19N5O4S. The van der Waals surface area contributed by atoms with Gasteiger partial charge in [-0.1, -0.05) is 35.6 Å². The van der Waals surface area contributed by atoms with Crippen molar-refractivity contribution in [1.82, 2.24) is 10.2 Å². The van der Waals surface area contributed by atoms with Crippen LogP contribution in [0.3, 0.4) is 0 Å². The number of carbonyl (C=O) groups is 2. The molecule has 10 heteroatoms. The summed E-state index contributed by atoms with van der Waals surface area (Å²) in [7, 11) is 0. The molecule has 1 saturated heterocycles.